The lowest BCUT2D eigenvalue weighted by molar-refractivity contribution is 0.0952. The van der Waals surface area contributed by atoms with E-state index in [2.05, 4.69) is 35.6 Å². The van der Waals surface area contributed by atoms with E-state index in [-0.39, 0.29) is 11.9 Å². The van der Waals surface area contributed by atoms with E-state index < -0.39 is 0 Å². The molecular formula is C22H27N9O2. The zero-order valence-corrected chi connectivity index (χ0v) is 18.7. The minimum absolute atomic E-state index is 0.0576. The molecule has 4 rings (SSSR count). The Kier molecular flexibility index (Phi) is 6.79. The Labute approximate surface area is 191 Å². The van der Waals surface area contributed by atoms with E-state index in [0.29, 0.717) is 42.0 Å². The van der Waals surface area contributed by atoms with Crippen molar-refractivity contribution in [2.45, 2.75) is 12.8 Å². The summed E-state index contributed by atoms with van der Waals surface area (Å²) in [6, 6.07) is 11.1. The molecule has 0 radical (unpaired) electrons. The Morgan fingerprint density at radius 3 is 2.67 bits per heavy atom. The van der Waals surface area contributed by atoms with Crippen LogP contribution in [0.25, 0.3) is 17.4 Å². The third-order valence-corrected chi connectivity index (χ3v) is 4.96. The molecule has 11 nitrogen and oxygen atoms in total. The SMILES string of the molecule is CN(C)CCCNC(=O)c1ccc(CCNc2nc(N)n3nc(-c4ccco4)nc3n2)cc1. The van der Waals surface area contributed by atoms with Crippen molar-refractivity contribution in [1.29, 1.82) is 0 Å². The number of nitrogens with two attached hydrogens (primary N) is 1. The van der Waals surface area contributed by atoms with Crippen LogP contribution >= 0.6 is 0 Å². The summed E-state index contributed by atoms with van der Waals surface area (Å²) in [5.74, 6) is 1.73. The predicted octanol–water partition coefficient (Wildman–Crippen LogP) is 1.70. The third-order valence-electron chi connectivity index (χ3n) is 4.96. The molecule has 0 bridgehead atoms. The fraction of sp³-hybridized carbons (Fsp3) is 0.318. The second kappa shape index (κ2) is 10.1. The van der Waals surface area contributed by atoms with Crippen LogP contribution in [0.15, 0.2) is 47.1 Å². The average molecular weight is 450 g/mol. The standard InChI is InChI=1S/C22H27N9O2/c1-30(2)13-4-11-24-19(32)16-8-6-15(7-9-16)10-12-25-21-27-20(23)31-22(28-21)26-18(29-31)17-5-3-14-33-17/h3,5-9,14H,4,10-13H2,1-2H3,(H,24,32)(H3,23,25,26,27,28,29). The summed E-state index contributed by atoms with van der Waals surface area (Å²) in [5.41, 5.74) is 7.74. The lowest BCUT2D eigenvalue weighted by atomic mass is 10.1. The minimum atomic E-state index is -0.0576. The van der Waals surface area contributed by atoms with Crippen LogP contribution in [0.4, 0.5) is 11.9 Å². The van der Waals surface area contributed by atoms with Gasteiger partial charge in [-0.05, 0) is 63.3 Å². The highest BCUT2D eigenvalue weighted by Gasteiger charge is 2.13. The maximum atomic E-state index is 12.2. The number of furan rings is 1. The zero-order chi connectivity index (χ0) is 23.2. The highest BCUT2D eigenvalue weighted by molar-refractivity contribution is 5.94. The molecule has 0 saturated carbocycles. The number of rotatable bonds is 10. The summed E-state index contributed by atoms with van der Waals surface area (Å²) in [5, 5.41) is 10.4. The number of nitrogens with one attached hydrogen (secondary N) is 2. The van der Waals surface area contributed by atoms with Gasteiger partial charge in [-0.15, -0.1) is 5.10 Å². The van der Waals surface area contributed by atoms with Crippen molar-refractivity contribution in [2.24, 2.45) is 0 Å². The molecule has 4 N–H and O–H groups in total. The van der Waals surface area contributed by atoms with Crippen LogP contribution in [0.1, 0.15) is 22.3 Å². The van der Waals surface area contributed by atoms with Gasteiger partial charge in [-0.2, -0.15) is 19.5 Å². The van der Waals surface area contributed by atoms with E-state index in [1.807, 2.05) is 38.4 Å². The highest BCUT2D eigenvalue weighted by atomic mass is 16.3. The summed E-state index contributed by atoms with van der Waals surface area (Å²) in [6.45, 7) is 2.19. The third kappa shape index (κ3) is 5.63. The van der Waals surface area contributed by atoms with Gasteiger partial charge in [0.25, 0.3) is 11.7 Å². The van der Waals surface area contributed by atoms with E-state index >= 15 is 0 Å². The normalized spacial score (nSPS) is 11.2. The van der Waals surface area contributed by atoms with E-state index in [4.69, 9.17) is 10.2 Å². The fourth-order valence-corrected chi connectivity index (χ4v) is 3.24. The molecule has 172 valence electrons. The van der Waals surface area contributed by atoms with E-state index in [1.54, 1.807) is 18.4 Å². The quantitative estimate of drug-likeness (QED) is 0.309. The minimum Gasteiger partial charge on any atom is -0.461 e. The fourth-order valence-electron chi connectivity index (χ4n) is 3.24. The van der Waals surface area contributed by atoms with E-state index in [0.717, 1.165) is 24.9 Å². The van der Waals surface area contributed by atoms with Crippen molar-refractivity contribution >= 4 is 23.6 Å². The van der Waals surface area contributed by atoms with Crippen molar-refractivity contribution in [2.75, 3.05) is 44.8 Å². The monoisotopic (exact) mass is 449 g/mol. The number of benzene rings is 1. The zero-order valence-electron chi connectivity index (χ0n) is 18.7. The van der Waals surface area contributed by atoms with Gasteiger partial charge in [0.2, 0.25) is 17.7 Å². The second-order valence-electron chi connectivity index (χ2n) is 7.82. The maximum Gasteiger partial charge on any atom is 0.259 e. The van der Waals surface area contributed by atoms with Crippen LogP contribution in [-0.4, -0.2) is 69.1 Å². The molecule has 11 heteroatoms. The number of carbonyl (C=O) groups excluding carboxylic acids is 1. The van der Waals surface area contributed by atoms with Crippen LogP contribution in [-0.2, 0) is 6.42 Å². The predicted molar refractivity (Wildman–Crippen MR) is 125 cm³/mol. The number of anilines is 2. The summed E-state index contributed by atoms with van der Waals surface area (Å²) >= 11 is 0. The van der Waals surface area contributed by atoms with Gasteiger partial charge in [0, 0.05) is 18.7 Å². The summed E-state index contributed by atoms with van der Waals surface area (Å²) in [6.07, 6.45) is 3.19. The molecule has 4 aromatic rings. The Morgan fingerprint density at radius 1 is 1.12 bits per heavy atom. The summed E-state index contributed by atoms with van der Waals surface area (Å²) in [4.78, 5) is 27.3. The lowest BCUT2D eigenvalue weighted by Crippen LogP contribution is -2.27. The highest BCUT2D eigenvalue weighted by Crippen LogP contribution is 2.17. The van der Waals surface area contributed by atoms with Gasteiger partial charge < -0.3 is 25.7 Å². The average Bonchev–Trinajstić information content (AvgIpc) is 3.47. The number of aromatic nitrogens is 5. The van der Waals surface area contributed by atoms with Gasteiger partial charge in [0.05, 0.1) is 6.26 Å². The number of fused-ring (bicyclic) bond motifs is 1. The Bertz CT molecular complexity index is 1200. The second-order valence-corrected chi connectivity index (χ2v) is 7.82. The van der Waals surface area contributed by atoms with Crippen LogP contribution in [0.2, 0.25) is 0 Å². The number of carbonyl (C=O) groups is 1. The smallest absolute Gasteiger partial charge is 0.259 e. The molecule has 0 aliphatic carbocycles. The molecule has 0 atom stereocenters. The van der Waals surface area contributed by atoms with E-state index in [1.165, 1.54) is 4.52 Å². The molecule has 0 fully saturated rings. The molecule has 0 unspecified atom stereocenters. The Morgan fingerprint density at radius 2 is 1.94 bits per heavy atom. The topological polar surface area (TPSA) is 140 Å². The van der Waals surface area contributed by atoms with Crippen molar-refractivity contribution < 1.29 is 9.21 Å². The van der Waals surface area contributed by atoms with Gasteiger partial charge in [0.1, 0.15) is 0 Å². The van der Waals surface area contributed by atoms with Gasteiger partial charge in [-0.3, -0.25) is 4.79 Å². The van der Waals surface area contributed by atoms with Crippen molar-refractivity contribution in [3.05, 3.63) is 53.8 Å². The number of nitrogen functional groups attached to an aromatic ring is 1. The molecule has 1 amide bonds. The molecule has 0 aliphatic heterocycles. The van der Waals surface area contributed by atoms with E-state index in [9.17, 15) is 4.79 Å². The van der Waals surface area contributed by atoms with Crippen molar-refractivity contribution in [3.8, 4) is 11.6 Å². The first kappa shape index (κ1) is 22.2. The van der Waals surface area contributed by atoms with Gasteiger partial charge in [-0.25, -0.2) is 0 Å². The van der Waals surface area contributed by atoms with Crippen molar-refractivity contribution in [1.82, 2.24) is 34.8 Å². The molecule has 0 saturated heterocycles. The van der Waals surface area contributed by atoms with Crippen molar-refractivity contribution in [3.63, 3.8) is 0 Å². The molecule has 3 heterocycles. The summed E-state index contributed by atoms with van der Waals surface area (Å²) in [7, 11) is 4.03. The molecule has 3 aromatic heterocycles. The molecular weight excluding hydrogens is 422 g/mol. The number of nitrogens with zero attached hydrogens (tertiary/aromatic N) is 6. The molecule has 33 heavy (non-hydrogen) atoms. The molecule has 0 aliphatic rings. The van der Waals surface area contributed by atoms with Gasteiger partial charge >= 0.3 is 0 Å². The lowest BCUT2D eigenvalue weighted by Gasteiger charge is -2.10. The van der Waals surface area contributed by atoms with Crippen LogP contribution in [0, 0.1) is 0 Å². The largest absolute Gasteiger partial charge is 0.461 e. The number of amides is 1. The molecule has 1 aromatic carbocycles. The number of hydrogen-bond acceptors (Lipinski definition) is 9. The molecule has 0 spiro atoms. The van der Waals surface area contributed by atoms with Gasteiger partial charge in [-0.1, -0.05) is 12.1 Å². The first-order chi connectivity index (χ1) is 16.0. The van der Waals surface area contributed by atoms with Gasteiger partial charge in [0.15, 0.2) is 5.76 Å². The van der Waals surface area contributed by atoms with Crippen LogP contribution in [0.5, 0.6) is 0 Å². The van der Waals surface area contributed by atoms with Crippen LogP contribution < -0.4 is 16.4 Å². The Balaban J connectivity index is 1.30. The summed E-state index contributed by atoms with van der Waals surface area (Å²) < 4.78 is 6.69. The maximum absolute atomic E-state index is 12.2. The number of hydrogen-bond donors (Lipinski definition) is 3. The first-order valence-electron chi connectivity index (χ1n) is 10.7. The van der Waals surface area contributed by atoms with Crippen LogP contribution in [0.3, 0.4) is 0 Å². The Hall–Kier alpha value is -3.99. The first-order valence-corrected chi connectivity index (χ1v) is 10.7.